The SMILES string of the molecule is O=C(CCCc1ccccc1)Nc1cc(N2CCCC2)ncn1. The van der Waals surface area contributed by atoms with Crippen LogP contribution >= 0.6 is 0 Å². The average molecular weight is 310 g/mol. The summed E-state index contributed by atoms with van der Waals surface area (Å²) in [5.74, 6) is 1.50. The number of hydrogen-bond acceptors (Lipinski definition) is 4. The number of carbonyl (C=O) groups is 1. The predicted octanol–water partition coefficient (Wildman–Crippen LogP) is 3.04. The first-order valence-corrected chi connectivity index (χ1v) is 8.22. The van der Waals surface area contributed by atoms with Crippen LogP contribution in [0.25, 0.3) is 0 Å². The third-order valence-corrected chi connectivity index (χ3v) is 4.06. The Morgan fingerprint density at radius 1 is 1.13 bits per heavy atom. The van der Waals surface area contributed by atoms with Crippen LogP contribution in [0.3, 0.4) is 0 Å². The van der Waals surface area contributed by atoms with Gasteiger partial charge >= 0.3 is 0 Å². The van der Waals surface area contributed by atoms with E-state index in [2.05, 4.69) is 32.3 Å². The smallest absolute Gasteiger partial charge is 0.225 e. The van der Waals surface area contributed by atoms with Crippen LogP contribution in [0, 0.1) is 0 Å². The Balaban J connectivity index is 1.48. The molecule has 5 heteroatoms. The Morgan fingerprint density at radius 2 is 1.91 bits per heavy atom. The standard InChI is InChI=1S/C18H22N4O/c23-18(10-6-9-15-7-2-1-3-8-15)21-16-13-17(20-14-19-16)22-11-4-5-12-22/h1-3,7-8,13-14H,4-6,9-12H2,(H,19,20,21,23). The van der Waals surface area contributed by atoms with Crippen molar-refractivity contribution in [3.05, 3.63) is 48.3 Å². The fraction of sp³-hybridized carbons (Fsp3) is 0.389. The van der Waals surface area contributed by atoms with Crippen molar-refractivity contribution in [3.63, 3.8) is 0 Å². The molecule has 1 fully saturated rings. The highest BCUT2D eigenvalue weighted by Crippen LogP contribution is 2.19. The van der Waals surface area contributed by atoms with Crippen LogP contribution in [-0.4, -0.2) is 29.0 Å². The summed E-state index contributed by atoms with van der Waals surface area (Å²) in [7, 11) is 0. The van der Waals surface area contributed by atoms with Gasteiger partial charge in [0.25, 0.3) is 0 Å². The van der Waals surface area contributed by atoms with Crippen LogP contribution in [0.4, 0.5) is 11.6 Å². The molecule has 23 heavy (non-hydrogen) atoms. The molecule has 0 atom stereocenters. The molecule has 2 heterocycles. The first-order valence-electron chi connectivity index (χ1n) is 8.22. The average Bonchev–Trinajstić information content (AvgIpc) is 3.11. The van der Waals surface area contributed by atoms with E-state index >= 15 is 0 Å². The molecule has 1 amide bonds. The summed E-state index contributed by atoms with van der Waals surface area (Å²) in [6.45, 7) is 2.06. The highest BCUT2D eigenvalue weighted by molar-refractivity contribution is 5.90. The van der Waals surface area contributed by atoms with Crippen molar-refractivity contribution in [3.8, 4) is 0 Å². The number of nitrogens with one attached hydrogen (secondary N) is 1. The van der Waals surface area contributed by atoms with Gasteiger partial charge in [-0.3, -0.25) is 4.79 Å². The first kappa shape index (κ1) is 15.5. The van der Waals surface area contributed by atoms with Gasteiger partial charge < -0.3 is 10.2 Å². The van der Waals surface area contributed by atoms with Crippen LogP contribution in [0.5, 0.6) is 0 Å². The van der Waals surface area contributed by atoms with Gasteiger partial charge in [-0.1, -0.05) is 30.3 Å². The van der Waals surface area contributed by atoms with Crippen molar-refractivity contribution in [1.82, 2.24) is 9.97 Å². The van der Waals surface area contributed by atoms with Gasteiger partial charge in [0.1, 0.15) is 18.0 Å². The molecular formula is C18H22N4O. The Bertz CT molecular complexity index is 638. The molecular weight excluding hydrogens is 288 g/mol. The Kier molecular flexibility index (Phi) is 5.19. The number of carbonyl (C=O) groups excluding carboxylic acids is 1. The van der Waals surface area contributed by atoms with Crippen LogP contribution in [0.15, 0.2) is 42.7 Å². The van der Waals surface area contributed by atoms with E-state index in [4.69, 9.17) is 0 Å². The summed E-state index contributed by atoms with van der Waals surface area (Å²) in [6, 6.07) is 12.1. The van der Waals surface area contributed by atoms with Gasteiger partial charge in [-0.15, -0.1) is 0 Å². The molecule has 3 rings (SSSR count). The van der Waals surface area contributed by atoms with Gasteiger partial charge in [-0.2, -0.15) is 0 Å². The highest BCUT2D eigenvalue weighted by Gasteiger charge is 2.14. The van der Waals surface area contributed by atoms with E-state index in [1.807, 2.05) is 24.3 Å². The topological polar surface area (TPSA) is 58.1 Å². The summed E-state index contributed by atoms with van der Waals surface area (Å²) in [5, 5.41) is 2.88. The van der Waals surface area contributed by atoms with Gasteiger partial charge in [0, 0.05) is 25.6 Å². The number of rotatable bonds is 6. The van der Waals surface area contributed by atoms with Crippen LogP contribution in [-0.2, 0) is 11.2 Å². The minimum Gasteiger partial charge on any atom is -0.356 e. The zero-order chi connectivity index (χ0) is 15.9. The van der Waals surface area contributed by atoms with Crippen LogP contribution in [0.1, 0.15) is 31.2 Å². The molecule has 0 saturated carbocycles. The number of hydrogen-bond donors (Lipinski definition) is 1. The third kappa shape index (κ3) is 4.52. The molecule has 0 radical (unpaired) electrons. The molecule has 2 aromatic rings. The maximum atomic E-state index is 12.1. The summed E-state index contributed by atoms with van der Waals surface area (Å²) in [4.78, 5) is 22.7. The predicted molar refractivity (Wildman–Crippen MR) is 91.5 cm³/mol. The van der Waals surface area contributed by atoms with Crippen molar-refractivity contribution in [2.45, 2.75) is 32.1 Å². The van der Waals surface area contributed by atoms with Crippen LogP contribution < -0.4 is 10.2 Å². The monoisotopic (exact) mass is 310 g/mol. The Morgan fingerprint density at radius 3 is 2.70 bits per heavy atom. The summed E-state index contributed by atoms with van der Waals surface area (Å²) >= 11 is 0. The molecule has 0 unspecified atom stereocenters. The van der Waals surface area contributed by atoms with Gasteiger partial charge in [-0.25, -0.2) is 9.97 Å². The second kappa shape index (κ2) is 7.72. The lowest BCUT2D eigenvalue weighted by Crippen LogP contribution is -2.20. The first-order chi connectivity index (χ1) is 11.3. The second-order valence-electron chi connectivity index (χ2n) is 5.84. The van der Waals surface area contributed by atoms with Crippen molar-refractivity contribution in [2.24, 2.45) is 0 Å². The Labute approximate surface area is 136 Å². The molecule has 1 saturated heterocycles. The summed E-state index contributed by atoms with van der Waals surface area (Å²) < 4.78 is 0. The molecule has 1 aromatic carbocycles. The van der Waals surface area contributed by atoms with E-state index in [1.165, 1.54) is 24.7 Å². The van der Waals surface area contributed by atoms with Gasteiger partial charge in [0.15, 0.2) is 0 Å². The molecule has 0 bridgehead atoms. The van der Waals surface area contributed by atoms with Crippen molar-refractivity contribution in [1.29, 1.82) is 0 Å². The fourth-order valence-corrected chi connectivity index (χ4v) is 2.84. The van der Waals surface area contributed by atoms with E-state index in [0.717, 1.165) is 31.7 Å². The quantitative estimate of drug-likeness (QED) is 0.891. The van der Waals surface area contributed by atoms with E-state index in [-0.39, 0.29) is 5.91 Å². The van der Waals surface area contributed by atoms with Gasteiger partial charge in [-0.05, 0) is 31.2 Å². The molecule has 0 spiro atoms. The molecule has 1 N–H and O–H groups in total. The largest absolute Gasteiger partial charge is 0.356 e. The van der Waals surface area contributed by atoms with Crippen molar-refractivity contribution < 1.29 is 4.79 Å². The minimum absolute atomic E-state index is 0.00648. The van der Waals surface area contributed by atoms with Crippen molar-refractivity contribution in [2.75, 3.05) is 23.3 Å². The van der Waals surface area contributed by atoms with Gasteiger partial charge in [0.05, 0.1) is 0 Å². The minimum atomic E-state index is 0.00648. The van der Waals surface area contributed by atoms with Crippen LogP contribution in [0.2, 0.25) is 0 Å². The number of aryl methyl sites for hydroxylation is 1. The maximum Gasteiger partial charge on any atom is 0.225 e. The number of amides is 1. The molecule has 120 valence electrons. The lowest BCUT2D eigenvalue weighted by atomic mass is 10.1. The molecule has 1 aliphatic rings. The summed E-state index contributed by atoms with van der Waals surface area (Å²) in [6.07, 6.45) is 6.17. The fourth-order valence-electron chi connectivity index (χ4n) is 2.84. The molecule has 1 aliphatic heterocycles. The van der Waals surface area contributed by atoms with E-state index < -0.39 is 0 Å². The molecule has 5 nitrogen and oxygen atoms in total. The number of anilines is 2. The Hall–Kier alpha value is -2.43. The summed E-state index contributed by atoms with van der Waals surface area (Å²) in [5.41, 5.74) is 1.26. The van der Waals surface area contributed by atoms with Gasteiger partial charge in [0.2, 0.25) is 5.91 Å². The van der Waals surface area contributed by atoms with Crippen molar-refractivity contribution >= 4 is 17.5 Å². The molecule has 0 aliphatic carbocycles. The second-order valence-corrected chi connectivity index (χ2v) is 5.84. The van der Waals surface area contributed by atoms with E-state index in [0.29, 0.717) is 12.2 Å². The normalized spacial score (nSPS) is 14.0. The third-order valence-electron chi connectivity index (χ3n) is 4.06. The highest BCUT2D eigenvalue weighted by atomic mass is 16.1. The number of aromatic nitrogens is 2. The zero-order valence-corrected chi connectivity index (χ0v) is 13.2. The lowest BCUT2D eigenvalue weighted by Gasteiger charge is -2.16. The zero-order valence-electron chi connectivity index (χ0n) is 13.2. The van der Waals surface area contributed by atoms with E-state index in [9.17, 15) is 4.79 Å². The number of nitrogens with zero attached hydrogens (tertiary/aromatic N) is 3. The molecule has 1 aromatic heterocycles. The lowest BCUT2D eigenvalue weighted by molar-refractivity contribution is -0.116. The number of benzene rings is 1. The van der Waals surface area contributed by atoms with E-state index in [1.54, 1.807) is 0 Å². The maximum absolute atomic E-state index is 12.1.